The fourth-order valence-corrected chi connectivity index (χ4v) is 3.01. The number of hydrogen-bond donors (Lipinski definition) is 3. The lowest BCUT2D eigenvalue weighted by atomic mass is 9.71. The van der Waals surface area contributed by atoms with E-state index in [1.54, 1.807) is 0 Å². The van der Waals surface area contributed by atoms with Crippen LogP contribution in [0.4, 0.5) is 0 Å². The molecule has 0 aromatic heterocycles. The second-order valence-electron chi connectivity index (χ2n) is 6.04. The molecular weight excluding hydrogens is 256 g/mol. The molecule has 1 saturated carbocycles. The number of hydrogen-bond acceptors (Lipinski definition) is 3. The molecule has 0 aliphatic heterocycles. The summed E-state index contributed by atoms with van der Waals surface area (Å²) in [5.74, 6) is -1.11. The lowest BCUT2D eigenvalue weighted by Gasteiger charge is -2.35. The van der Waals surface area contributed by atoms with Crippen molar-refractivity contribution >= 4 is 11.9 Å². The molecule has 1 aliphatic rings. The van der Waals surface area contributed by atoms with E-state index in [0.29, 0.717) is 19.4 Å². The van der Waals surface area contributed by atoms with Gasteiger partial charge in [-0.25, -0.2) is 4.79 Å². The number of carbonyl (C=O) groups excluding carboxylic acids is 1. The highest BCUT2D eigenvalue weighted by atomic mass is 16.4. The maximum atomic E-state index is 12.1. The lowest BCUT2D eigenvalue weighted by molar-refractivity contribution is -0.142. The minimum absolute atomic E-state index is 0.115. The normalized spacial score (nSPS) is 19.3. The summed E-state index contributed by atoms with van der Waals surface area (Å²) in [5.41, 5.74) is 5.75. The lowest BCUT2D eigenvalue weighted by Crippen LogP contribution is -2.44. The quantitative estimate of drug-likeness (QED) is 0.636. The third-order valence-corrected chi connectivity index (χ3v) is 4.36. The Bertz CT molecular complexity index is 325. The summed E-state index contributed by atoms with van der Waals surface area (Å²) in [4.78, 5) is 23.3. The van der Waals surface area contributed by atoms with Gasteiger partial charge >= 0.3 is 5.97 Å². The van der Waals surface area contributed by atoms with E-state index in [2.05, 4.69) is 5.32 Å². The molecule has 0 spiro atoms. The van der Waals surface area contributed by atoms with Gasteiger partial charge in [0.15, 0.2) is 0 Å². The third kappa shape index (κ3) is 5.12. The highest BCUT2D eigenvalue weighted by Crippen LogP contribution is 2.38. The Balaban J connectivity index is 2.53. The Morgan fingerprint density at radius 3 is 2.45 bits per heavy atom. The molecule has 0 heterocycles. The van der Waals surface area contributed by atoms with Crippen molar-refractivity contribution in [2.75, 3.05) is 6.54 Å². The molecule has 20 heavy (non-hydrogen) atoms. The average Bonchev–Trinajstić information content (AvgIpc) is 2.44. The van der Waals surface area contributed by atoms with Gasteiger partial charge in [0.1, 0.15) is 6.04 Å². The van der Waals surface area contributed by atoms with Gasteiger partial charge in [0.25, 0.3) is 0 Å². The summed E-state index contributed by atoms with van der Waals surface area (Å²) in [6.07, 6.45) is 7.97. The Hall–Kier alpha value is -1.10. The van der Waals surface area contributed by atoms with Gasteiger partial charge in [0.2, 0.25) is 5.91 Å². The Labute approximate surface area is 121 Å². The molecular formula is C15H28N2O3. The van der Waals surface area contributed by atoms with Crippen LogP contribution < -0.4 is 11.1 Å². The second-order valence-corrected chi connectivity index (χ2v) is 6.04. The average molecular weight is 284 g/mol. The zero-order chi connectivity index (χ0) is 15.0. The van der Waals surface area contributed by atoms with Gasteiger partial charge in [0, 0.05) is 6.42 Å². The second kappa shape index (κ2) is 8.25. The summed E-state index contributed by atoms with van der Waals surface area (Å²) in [6.45, 7) is 2.51. The van der Waals surface area contributed by atoms with Gasteiger partial charge in [-0.1, -0.05) is 39.0 Å². The SMILES string of the molecule is CCCC[C@H](NC(=O)CC1(CN)CCCCC1)C(=O)O. The van der Waals surface area contributed by atoms with E-state index >= 15 is 0 Å². The molecule has 0 unspecified atom stereocenters. The number of nitrogens with two attached hydrogens (primary N) is 1. The van der Waals surface area contributed by atoms with Crippen molar-refractivity contribution in [2.45, 2.75) is 70.8 Å². The topological polar surface area (TPSA) is 92.4 Å². The van der Waals surface area contributed by atoms with Crippen LogP contribution in [0.2, 0.25) is 0 Å². The number of carboxylic acid groups (broad SMARTS) is 1. The van der Waals surface area contributed by atoms with E-state index in [0.717, 1.165) is 38.5 Å². The maximum Gasteiger partial charge on any atom is 0.326 e. The first-order valence-electron chi connectivity index (χ1n) is 7.75. The molecule has 1 amide bonds. The van der Waals surface area contributed by atoms with Crippen molar-refractivity contribution in [3.63, 3.8) is 0 Å². The summed E-state index contributed by atoms with van der Waals surface area (Å²) in [5, 5.41) is 11.8. The molecule has 1 fully saturated rings. The van der Waals surface area contributed by atoms with Crippen LogP contribution in [0.3, 0.4) is 0 Å². The van der Waals surface area contributed by atoms with Crippen LogP contribution in [-0.4, -0.2) is 29.6 Å². The molecule has 0 aromatic rings. The molecule has 0 saturated heterocycles. The van der Waals surface area contributed by atoms with E-state index < -0.39 is 12.0 Å². The number of carboxylic acids is 1. The fraction of sp³-hybridized carbons (Fsp3) is 0.867. The van der Waals surface area contributed by atoms with Crippen molar-refractivity contribution in [2.24, 2.45) is 11.1 Å². The van der Waals surface area contributed by atoms with E-state index in [1.165, 1.54) is 6.42 Å². The summed E-state index contributed by atoms with van der Waals surface area (Å²) < 4.78 is 0. The van der Waals surface area contributed by atoms with Crippen molar-refractivity contribution in [3.05, 3.63) is 0 Å². The smallest absolute Gasteiger partial charge is 0.326 e. The third-order valence-electron chi connectivity index (χ3n) is 4.36. The van der Waals surface area contributed by atoms with Gasteiger partial charge in [0.05, 0.1) is 0 Å². The van der Waals surface area contributed by atoms with Crippen LogP contribution in [-0.2, 0) is 9.59 Å². The predicted molar refractivity (Wildman–Crippen MR) is 78.3 cm³/mol. The highest BCUT2D eigenvalue weighted by molar-refractivity contribution is 5.83. The van der Waals surface area contributed by atoms with Gasteiger partial charge in [-0.05, 0) is 31.2 Å². The molecule has 5 heteroatoms. The van der Waals surface area contributed by atoms with E-state index in [4.69, 9.17) is 10.8 Å². The number of aliphatic carboxylic acids is 1. The van der Waals surface area contributed by atoms with Gasteiger partial charge in [-0.2, -0.15) is 0 Å². The fourth-order valence-electron chi connectivity index (χ4n) is 3.01. The standard InChI is InChI=1S/C15H28N2O3/c1-2-3-7-12(14(19)20)17-13(18)10-15(11-16)8-5-4-6-9-15/h12H,2-11,16H2,1H3,(H,17,18)(H,19,20)/t12-/m0/s1. The molecule has 0 aromatic carbocycles. The molecule has 0 radical (unpaired) electrons. The number of rotatable bonds is 8. The Morgan fingerprint density at radius 2 is 1.95 bits per heavy atom. The molecule has 116 valence electrons. The maximum absolute atomic E-state index is 12.1. The summed E-state index contributed by atoms with van der Waals surface area (Å²) in [6, 6.07) is -0.763. The molecule has 1 atom stereocenters. The van der Waals surface area contributed by atoms with Crippen LogP contribution in [0.15, 0.2) is 0 Å². The van der Waals surface area contributed by atoms with Crippen molar-refractivity contribution in [1.82, 2.24) is 5.32 Å². The van der Waals surface area contributed by atoms with Gasteiger partial charge in [-0.3, -0.25) is 4.79 Å². The Morgan fingerprint density at radius 1 is 1.30 bits per heavy atom. The summed E-state index contributed by atoms with van der Waals surface area (Å²) >= 11 is 0. The van der Waals surface area contributed by atoms with Crippen LogP contribution >= 0.6 is 0 Å². The molecule has 1 rings (SSSR count). The zero-order valence-electron chi connectivity index (χ0n) is 12.5. The first kappa shape index (κ1) is 17.0. The first-order chi connectivity index (χ1) is 9.53. The van der Waals surface area contributed by atoms with Gasteiger partial charge in [-0.15, -0.1) is 0 Å². The van der Waals surface area contributed by atoms with Crippen LogP contribution in [0.1, 0.15) is 64.7 Å². The first-order valence-corrected chi connectivity index (χ1v) is 7.75. The molecule has 0 bridgehead atoms. The molecule has 1 aliphatic carbocycles. The monoisotopic (exact) mass is 284 g/mol. The predicted octanol–water partition coefficient (Wildman–Crippen LogP) is 2.05. The largest absolute Gasteiger partial charge is 0.480 e. The van der Waals surface area contributed by atoms with Crippen LogP contribution in [0, 0.1) is 5.41 Å². The van der Waals surface area contributed by atoms with E-state index in [-0.39, 0.29) is 11.3 Å². The van der Waals surface area contributed by atoms with Crippen LogP contribution in [0.5, 0.6) is 0 Å². The minimum Gasteiger partial charge on any atom is -0.480 e. The number of unbranched alkanes of at least 4 members (excludes halogenated alkanes) is 1. The van der Waals surface area contributed by atoms with Crippen LogP contribution in [0.25, 0.3) is 0 Å². The van der Waals surface area contributed by atoms with Crippen molar-refractivity contribution < 1.29 is 14.7 Å². The molecule has 4 N–H and O–H groups in total. The highest BCUT2D eigenvalue weighted by Gasteiger charge is 2.33. The van der Waals surface area contributed by atoms with Gasteiger partial charge < -0.3 is 16.2 Å². The zero-order valence-corrected chi connectivity index (χ0v) is 12.5. The minimum atomic E-state index is -0.947. The van der Waals surface area contributed by atoms with Crippen molar-refractivity contribution in [1.29, 1.82) is 0 Å². The van der Waals surface area contributed by atoms with E-state index in [9.17, 15) is 9.59 Å². The van der Waals surface area contributed by atoms with Crippen molar-refractivity contribution in [3.8, 4) is 0 Å². The number of nitrogens with one attached hydrogen (secondary N) is 1. The Kier molecular flexibility index (Phi) is 6.99. The summed E-state index contributed by atoms with van der Waals surface area (Å²) in [7, 11) is 0. The molecule has 5 nitrogen and oxygen atoms in total. The number of amides is 1. The van der Waals surface area contributed by atoms with E-state index in [1.807, 2.05) is 6.92 Å². The number of carbonyl (C=O) groups is 2.